The van der Waals surface area contributed by atoms with Crippen LogP contribution in [0.3, 0.4) is 0 Å². The smallest absolute Gasteiger partial charge is 0.263 e. The molecule has 0 saturated heterocycles. The zero-order valence-electron chi connectivity index (χ0n) is 21.5. The molecule has 3 heterocycles. The maximum absolute atomic E-state index is 14.4. The van der Waals surface area contributed by atoms with E-state index in [1.807, 2.05) is 62.4 Å². The van der Waals surface area contributed by atoms with E-state index in [0.717, 1.165) is 22.2 Å². The molecule has 6 rings (SSSR count). The van der Waals surface area contributed by atoms with E-state index in [1.54, 1.807) is 15.3 Å². The molecule has 0 saturated carbocycles. The van der Waals surface area contributed by atoms with Gasteiger partial charge in [0.05, 0.1) is 23.0 Å². The highest BCUT2D eigenvalue weighted by Crippen LogP contribution is 2.33. The van der Waals surface area contributed by atoms with Crippen molar-refractivity contribution in [1.82, 2.24) is 24.3 Å². The van der Waals surface area contributed by atoms with Crippen LogP contribution in [0.2, 0.25) is 0 Å². The van der Waals surface area contributed by atoms with Gasteiger partial charge in [-0.2, -0.15) is 5.10 Å². The molecule has 0 atom stereocenters. The number of aryl methyl sites for hydroxylation is 2. The molecule has 6 aromatic rings. The SMILES string of the molecule is Cc1ccccc1-n1c(Cn2nc(-c3cc(F)ccc3CN)c3c(N)ncnc32)cc2cccc(C)c2c1=O. The van der Waals surface area contributed by atoms with Crippen molar-refractivity contribution in [3.63, 3.8) is 0 Å². The molecule has 39 heavy (non-hydrogen) atoms. The number of rotatable bonds is 5. The van der Waals surface area contributed by atoms with Gasteiger partial charge < -0.3 is 11.5 Å². The van der Waals surface area contributed by atoms with Gasteiger partial charge in [0.25, 0.3) is 5.56 Å². The Hall–Kier alpha value is -4.89. The lowest BCUT2D eigenvalue weighted by Crippen LogP contribution is -2.25. The molecule has 0 unspecified atom stereocenters. The van der Waals surface area contributed by atoms with Gasteiger partial charge in [-0.25, -0.2) is 19.0 Å². The van der Waals surface area contributed by atoms with E-state index in [0.29, 0.717) is 38.9 Å². The lowest BCUT2D eigenvalue weighted by Gasteiger charge is -2.17. The minimum absolute atomic E-state index is 0.115. The summed E-state index contributed by atoms with van der Waals surface area (Å²) in [5.41, 5.74) is 17.6. The molecule has 0 aliphatic heterocycles. The van der Waals surface area contributed by atoms with Crippen molar-refractivity contribution in [2.24, 2.45) is 5.73 Å². The largest absolute Gasteiger partial charge is 0.383 e. The number of benzene rings is 3. The molecule has 194 valence electrons. The molecular formula is C30H26FN7O. The molecular weight excluding hydrogens is 493 g/mol. The summed E-state index contributed by atoms with van der Waals surface area (Å²) in [7, 11) is 0. The fourth-order valence-corrected chi connectivity index (χ4v) is 5.21. The van der Waals surface area contributed by atoms with Crippen molar-refractivity contribution in [1.29, 1.82) is 0 Å². The minimum Gasteiger partial charge on any atom is -0.383 e. The Bertz CT molecular complexity index is 1960. The summed E-state index contributed by atoms with van der Waals surface area (Å²) in [5.74, 6) is -0.197. The zero-order chi connectivity index (χ0) is 27.3. The molecule has 3 aromatic heterocycles. The normalized spacial score (nSPS) is 11.5. The number of pyridine rings is 1. The number of hydrogen-bond acceptors (Lipinski definition) is 6. The number of nitrogens with two attached hydrogens (primary N) is 2. The number of fused-ring (bicyclic) bond motifs is 2. The van der Waals surface area contributed by atoms with E-state index in [9.17, 15) is 9.18 Å². The van der Waals surface area contributed by atoms with Crippen molar-refractivity contribution in [2.75, 3.05) is 5.73 Å². The molecule has 0 aliphatic carbocycles. The topological polar surface area (TPSA) is 118 Å². The fraction of sp³-hybridized carbons (Fsp3) is 0.133. The zero-order valence-corrected chi connectivity index (χ0v) is 21.5. The molecule has 0 aliphatic rings. The van der Waals surface area contributed by atoms with E-state index in [-0.39, 0.29) is 24.5 Å². The summed E-state index contributed by atoms with van der Waals surface area (Å²) in [6.07, 6.45) is 1.37. The van der Waals surface area contributed by atoms with Crippen LogP contribution in [0.1, 0.15) is 22.4 Å². The second-order valence-electron chi connectivity index (χ2n) is 9.57. The van der Waals surface area contributed by atoms with Crippen molar-refractivity contribution in [3.05, 3.63) is 112 Å². The van der Waals surface area contributed by atoms with Crippen LogP contribution in [0.25, 0.3) is 38.8 Å². The highest BCUT2D eigenvalue weighted by molar-refractivity contribution is 5.99. The maximum atomic E-state index is 14.4. The highest BCUT2D eigenvalue weighted by Gasteiger charge is 2.22. The van der Waals surface area contributed by atoms with E-state index >= 15 is 0 Å². The first-order valence-electron chi connectivity index (χ1n) is 12.5. The van der Waals surface area contributed by atoms with Crippen molar-refractivity contribution >= 4 is 27.6 Å². The first kappa shape index (κ1) is 24.4. The van der Waals surface area contributed by atoms with Crippen molar-refractivity contribution < 1.29 is 4.39 Å². The Morgan fingerprint density at radius 2 is 1.72 bits per heavy atom. The lowest BCUT2D eigenvalue weighted by molar-refractivity contribution is 0.627. The molecule has 0 radical (unpaired) electrons. The summed E-state index contributed by atoms with van der Waals surface area (Å²) in [6.45, 7) is 4.30. The summed E-state index contributed by atoms with van der Waals surface area (Å²) >= 11 is 0. The quantitative estimate of drug-likeness (QED) is 0.343. The van der Waals surface area contributed by atoms with Gasteiger partial charge in [-0.3, -0.25) is 9.36 Å². The third-order valence-electron chi connectivity index (χ3n) is 7.10. The summed E-state index contributed by atoms with van der Waals surface area (Å²) < 4.78 is 17.8. The van der Waals surface area contributed by atoms with Gasteiger partial charge in [0.2, 0.25) is 0 Å². The Morgan fingerprint density at radius 3 is 2.51 bits per heavy atom. The van der Waals surface area contributed by atoms with Gasteiger partial charge in [-0.1, -0.05) is 42.5 Å². The molecule has 8 nitrogen and oxygen atoms in total. The van der Waals surface area contributed by atoms with Crippen molar-refractivity contribution in [3.8, 4) is 16.9 Å². The first-order valence-corrected chi connectivity index (χ1v) is 12.5. The molecule has 0 fully saturated rings. The van der Waals surface area contributed by atoms with Crippen LogP contribution in [0.4, 0.5) is 10.2 Å². The highest BCUT2D eigenvalue weighted by atomic mass is 19.1. The minimum atomic E-state index is -0.418. The van der Waals surface area contributed by atoms with Crippen LogP contribution < -0.4 is 17.0 Å². The van der Waals surface area contributed by atoms with E-state index in [1.165, 1.54) is 18.5 Å². The van der Waals surface area contributed by atoms with Gasteiger partial charge >= 0.3 is 0 Å². The third kappa shape index (κ3) is 4.04. The van der Waals surface area contributed by atoms with Crippen LogP contribution in [0, 0.1) is 19.7 Å². The van der Waals surface area contributed by atoms with E-state index in [4.69, 9.17) is 16.6 Å². The Kier molecular flexibility index (Phi) is 5.92. The van der Waals surface area contributed by atoms with Gasteiger partial charge in [0.1, 0.15) is 23.7 Å². The second-order valence-corrected chi connectivity index (χ2v) is 9.57. The Morgan fingerprint density at radius 1 is 0.923 bits per heavy atom. The number of para-hydroxylation sites is 1. The molecule has 0 bridgehead atoms. The number of nitrogens with zero attached hydrogens (tertiary/aromatic N) is 5. The molecule has 0 amide bonds. The number of nitrogen functional groups attached to an aromatic ring is 1. The molecule has 4 N–H and O–H groups in total. The summed E-state index contributed by atoms with van der Waals surface area (Å²) in [4.78, 5) is 22.7. The summed E-state index contributed by atoms with van der Waals surface area (Å²) in [5, 5.41) is 6.84. The first-order chi connectivity index (χ1) is 18.9. The van der Waals surface area contributed by atoms with Gasteiger partial charge in [0, 0.05) is 17.8 Å². The van der Waals surface area contributed by atoms with Crippen LogP contribution >= 0.6 is 0 Å². The number of hydrogen-bond donors (Lipinski definition) is 2. The average Bonchev–Trinajstić information content (AvgIpc) is 3.29. The van der Waals surface area contributed by atoms with Crippen LogP contribution in [0.5, 0.6) is 0 Å². The van der Waals surface area contributed by atoms with Gasteiger partial charge in [-0.05, 0) is 60.2 Å². The molecule has 3 aromatic carbocycles. The standard InChI is InChI=1S/C30H26FN7O/c1-17-6-3-4-9-24(17)38-22(12-19-8-5-7-18(2)25(19)30(38)39)15-37-29-26(28(33)34-16-35-29)27(36-37)23-13-21(31)11-10-20(23)14-32/h3-13,16H,14-15,32H2,1-2H3,(H2,33,34,35). The monoisotopic (exact) mass is 519 g/mol. The predicted molar refractivity (Wildman–Crippen MR) is 151 cm³/mol. The van der Waals surface area contributed by atoms with Crippen LogP contribution in [0.15, 0.2) is 77.9 Å². The number of anilines is 1. The van der Waals surface area contributed by atoms with Gasteiger partial charge in [-0.15, -0.1) is 0 Å². The lowest BCUT2D eigenvalue weighted by atomic mass is 10.0. The van der Waals surface area contributed by atoms with Gasteiger partial charge in [0.15, 0.2) is 5.65 Å². The number of aromatic nitrogens is 5. The fourth-order valence-electron chi connectivity index (χ4n) is 5.21. The average molecular weight is 520 g/mol. The van der Waals surface area contributed by atoms with Crippen LogP contribution in [-0.4, -0.2) is 24.3 Å². The van der Waals surface area contributed by atoms with E-state index < -0.39 is 5.82 Å². The summed E-state index contributed by atoms with van der Waals surface area (Å²) in [6, 6.07) is 20.0. The van der Waals surface area contributed by atoms with E-state index in [2.05, 4.69) is 9.97 Å². The molecule has 9 heteroatoms. The van der Waals surface area contributed by atoms with Crippen LogP contribution in [-0.2, 0) is 13.1 Å². The van der Waals surface area contributed by atoms with Crippen molar-refractivity contribution in [2.45, 2.75) is 26.9 Å². The maximum Gasteiger partial charge on any atom is 0.263 e. The molecule has 0 spiro atoms. The second kappa shape index (κ2) is 9.45. The number of halogens is 1. The Labute approximate surface area is 223 Å². The third-order valence-corrected chi connectivity index (χ3v) is 7.10. The Balaban J connectivity index is 1.64. The predicted octanol–water partition coefficient (Wildman–Crippen LogP) is 4.64.